The van der Waals surface area contributed by atoms with Gasteiger partial charge in [-0.2, -0.15) is 4.98 Å². The number of benzene rings is 2. The molecule has 0 aliphatic carbocycles. The molecule has 2 aromatic carbocycles. The van der Waals surface area contributed by atoms with Crippen LogP contribution in [0.25, 0.3) is 11.4 Å². The highest BCUT2D eigenvalue weighted by atomic mass is 79.9. The summed E-state index contributed by atoms with van der Waals surface area (Å²) in [6.45, 7) is 2.22. The lowest BCUT2D eigenvalue weighted by Crippen LogP contribution is -1.96. The third-order valence-electron chi connectivity index (χ3n) is 3.29. The van der Waals surface area contributed by atoms with E-state index in [2.05, 4.69) is 26.1 Å². The molecular formula is C17H15BrN2O3. The minimum absolute atomic E-state index is 0.220. The van der Waals surface area contributed by atoms with E-state index in [1.165, 1.54) is 0 Å². The van der Waals surface area contributed by atoms with Crippen molar-refractivity contribution in [2.45, 2.75) is 13.5 Å². The van der Waals surface area contributed by atoms with Gasteiger partial charge in [0.25, 0.3) is 5.89 Å². The number of nitrogens with zero attached hydrogens (tertiary/aromatic N) is 2. The second-order valence-electron chi connectivity index (χ2n) is 4.94. The molecule has 0 fully saturated rings. The lowest BCUT2D eigenvalue weighted by Gasteiger charge is -2.05. The Balaban J connectivity index is 1.70. The van der Waals surface area contributed by atoms with Crippen molar-refractivity contribution in [2.75, 3.05) is 7.11 Å². The van der Waals surface area contributed by atoms with Crippen LogP contribution in [0, 0.1) is 6.92 Å². The van der Waals surface area contributed by atoms with E-state index in [0.717, 1.165) is 27.1 Å². The van der Waals surface area contributed by atoms with Gasteiger partial charge in [-0.25, -0.2) is 0 Å². The van der Waals surface area contributed by atoms with E-state index >= 15 is 0 Å². The number of halogens is 1. The number of methoxy groups -OCH3 is 1. The van der Waals surface area contributed by atoms with Crippen molar-refractivity contribution in [3.63, 3.8) is 0 Å². The van der Waals surface area contributed by atoms with Gasteiger partial charge in [0, 0.05) is 10.0 Å². The highest BCUT2D eigenvalue weighted by Gasteiger charge is 2.10. The topological polar surface area (TPSA) is 57.4 Å². The Labute approximate surface area is 142 Å². The van der Waals surface area contributed by atoms with E-state index in [9.17, 15) is 0 Å². The zero-order valence-electron chi connectivity index (χ0n) is 12.7. The summed E-state index contributed by atoms with van der Waals surface area (Å²) in [5, 5.41) is 3.98. The average molecular weight is 375 g/mol. The molecule has 0 saturated heterocycles. The van der Waals surface area contributed by atoms with Crippen LogP contribution >= 0.6 is 15.9 Å². The highest BCUT2D eigenvalue weighted by Crippen LogP contribution is 2.23. The van der Waals surface area contributed by atoms with E-state index in [1.807, 2.05) is 49.4 Å². The predicted octanol–water partition coefficient (Wildman–Crippen LogP) is 4.40. The van der Waals surface area contributed by atoms with E-state index in [0.29, 0.717) is 11.7 Å². The summed E-state index contributed by atoms with van der Waals surface area (Å²) in [6, 6.07) is 13.3. The summed E-state index contributed by atoms with van der Waals surface area (Å²) in [7, 11) is 1.62. The number of aromatic nitrogens is 2. The molecule has 0 N–H and O–H groups in total. The number of ether oxygens (including phenoxy) is 2. The molecule has 0 spiro atoms. The summed E-state index contributed by atoms with van der Waals surface area (Å²) >= 11 is 3.46. The Hall–Kier alpha value is -2.34. The summed E-state index contributed by atoms with van der Waals surface area (Å²) < 4.78 is 17.2. The lowest BCUT2D eigenvalue weighted by atomic mass is 10.2. The second-order valence-corrected chi connectivity index (χ2v) is 5.80. The molecule has 0 radical (unpaired) electrons. The minimum atomic E-state index is 0.220. The molecule has 23 heavy (non-hydrogen) atoms. The fraction of sp³-hybridized carbons (Fsp3) is 0.176. The van der Waals surface area contributed by atoms with Crippen LogP contribution in [0.5, 0.6) is 11.5 Å². The minimum Gasteiger partial charge on any atom is -0.497 e. The molecular weight excluding hydrogens is 360 g/mol. The Morgan fingerprint density at radius 2 is 2.00 bits per heavy atom. The van der Waals surface area contributed by atoms with Gasteiger partial charge in [0.05, 0.1) is 7.11 Å². The van der Waals surface area contributed by atoms with Crippen LogP contribution in [0.4, 0.5) is 0 Å². The Bertz CT molecular complexity index is 817. The van der Waals surface area contributed by atoms with Crippen LogP contribution in [0.15, 0.2) is 51.5 Å². The smallest absolute Gasteiger partial charge is 0.264 e. The highest BCUT2D eigenvalue weighted by molar-refractivity contribution is 9.10. The van der Waals surface area contributed by atoms with Gasteiger partial charge in [0.2, 0.25) is 5.82 Å². The van der Waals surface area contributed by atoms with Crippen molar-refractivity contribution in [3.05, 3.63) is 58.4 Å². The molecule has 0 amide bonds. The molecule has 0 unspecified atom stereocenters. The van der Waals surface area contributed by atoms with Crippen LogP contribution in [0.3, 0.4) is 0 Å². The van der Waals surface area contributed by atoms with Crippen LogP contribution in [0.2, 0.25) is 0 Å². The van der Waals surface area contributed by atoms with Gasteiger partial charge in [-0.3, -0.25) is 0 Å². The number of hydrogen-bond acceptors (Lipinski definition) is 5. The van der Waals surface area contributed by atoms with Gasteiger partial charge in [0.1, 0.15) is 11.5 Å². The van der Waals surface area contributed by atoms with Crippen molar-refractivity contribution in [1.29, 1.82) is 0 Å². The maximum Gasteiger partial charge on any atom is 0.264 e. The van der Waals surface area contributed by atoms with Crippen molar-refractivity contribution >= 4 is 15.9 Å². The van der Waals surface area contributed by atoms with E-state index in [1.54, 1.807) is 7.11 Å². The molecule has 0 aliphatic heterocycles. The quantitative estimate of drug-likeness (QED) is 0.662. The molecule has 5 nitrogen and oxygen atoms in total. The first kappa shape index (κ1) is 15.6. The van der Waals surface area contributed by atoms with Crippen LogP contribution in [0.1, 0.15) is 11.5 Å². The molecule has 118 valence electrons. The van der Waals surface area contributed by atoms with E-state index in [-0.39, 0.29) is 6.61 Å². The Kier molecular flexibility index (Phi) is 4.62. The summed E-state index contributed by atoms with van der Waals surface area (Å²) in [4.78, 5) is 4.34. The standard InChI is InChI=1S/C17H15BrN2O3/c1-11-8-14(6-7-15(11)18)22-10-16-19-17(20-23-16)12-4-3-5-13(9-12)21-2/h3-9H,10H2,1-2H3. The zero-order valence-corrected chi connectivity index (χ0v) is 14.3. The molecule has 0 atom stereocenters. The first-order chi connectivity index (χ1) is 11.2. The SMILES string of the molecule is COc1cccc(-c2noc(COc3ccc(Br)c(C)c3)n2)c1. The van der Waals surface area contributed by atoms with Crippen molar-refractivity contribution in [1.82, 2.24) is 10.1 Å². The number of rotatable bonds is 5. The first-order valence-corrected chi connectivity index (χ1v) is 7.81. The predicted molar refractivity (Wildman–Crippen MR) is 89.5 cm³/mol. The summed E-state index contributed by atoms with van der Waals surface area (Å²) in [5.74, 6) is 2.43. The molecule has 1 aromatic heterocycles. The van der Waals surface area contributed by atoms with Crippen LogP contribution < -0.4 is 9.47 Å². The van der Waals surface area contributed by atoms with Gasteiger partial charge < -0.3 is 14.0 Å². The second kappa shape index (κ2) is 6.83. The fourth-order valence-electron chi connectivity index (χ4n) is 2.04. The average Bonchev–Trinajstić information content (AvgIpc) is 3.05. The molecule has 1 heterocycles. The van der Waals surface area contributed by atoms with Crippen molar-refractivity contribution in [3.8, 4) is 22.9 Å². The molecule has 3 aromatic rings. The molecule has 6 heteroatoms. The largest absolute Gasteiger partial charge is 0.497 e. The summed E-state index contributed by atoms with van der Waals surface area (Å²) in [6.07, 6.45) is 0. The third-order valence-corrected chi connectivity index (χ3v) is 4.18. The maximum atomic E-state index is 5.68. The summed E-state index contributed by atoms with van der Waals surface area (Å²) in [5.41, 5.74) is 1.93. The van der Waals surface area contributed by atoms with Gasteiger partial charge in [-0.15, -0.1) is 0 Å². The van der Waals surface area contributed by atoms with Crippen LogP contribution in [-0.4, -0.2) is 17.3 Å². The first-order valence-electron chi connectivity index (χ1n) is 7.01. The Morgan fingerprint density at radius 1 is 1.13 bits per heavy atom. The van der Waals surface area contributed by atoms with E-state index in [4.69, 9.17) is 14.0 Å². The van der Waals surface area contributed by atoms with Gasteiger partial charge in [-0.1, -0.05) is 33.2 Å². The maximum absolute atomic E-state index is 5.68. The van der Waals surface area contributed by atoms with Gasteiger partial charge >= 0.3 is 0 Å². The van der Waals surface area contributed by atoms with Crippen molar-refractivity contribution < 1.29 is 14.0 Å². The van der Waals surface area contributed by atoms with Gasteiger partial charge in [-0.05, 0) is 42.8 Å². The molecule has 0 saturated carbocycles. The molecule has 0 bridgehead atoms. The Morgan fingerprint density at radius 3 is 2.78 bits per heavy atom. The fourth-order valence-corrected chi connectivity index (χ4v) is 2.29. The number of aryl methyl sites for hydroxylation is 1. The van der Waals surface area contributed by atoms with Crippen molar-refractivity contribution in [2.24, 2.45) is 0 Å². The third kappa shape index (κ3) is 3.71. The van der Waals surface area contributed by atoms with E-state index < -0.39 is 0 Å². The normalized spacial score (nSPS) is 10.6. The molecule has 0 aliphatic rings. The number of hydrogen-bond donors (Lipinski definition) is 0. The van der Waals surface area contributed by atoms with Crippen LogP contribution in [-0.2, 0) is 6.61 Å². The van der Waals surface area contributed by atoms with Gasteiger partial charge in [0.15, 0.2) is 6.61 Å². The zero-order chi connectivity index (χ0) is 16.2. The molecule has 3 rings (SSSR count). The lowest BCUT2D eigenvalue weighted by molar-refractivity contribution is 0.243. The monoisotopic (exact) mass is 374 g/mol.